The van der Waals surface area contributed by atoms with Crippen molar-refractivity contribution < 1.29 is 9.47 Å². The Labute approximate surface area is 132 Å². The lowest BCUT2D eigenvalue weighted by atomic mass is 9.88. The third-order valence-electron chi connectivity index (χ3n) is 2.94. The number of ether oxygens (including phenoxy) is 2. The van der Waals surface area contributed by atoms with Crippen LogP contribution in [0.1, 0.15) is 57.9 Å². The molecule has 20 heavy (non-hydrogen) atoms. The van der Waals surface area contributed by atoms with Crippen LogP contribution < -0.4 is 9.47 Å². The first-order valence-corrected chi connectivity index (χ1v) is 8.35. The average Bonchev–Trinajstić information content (AvgIpc) is 2.41. The van der Waals surface area contributed by atoms with Crippen LogP contribution in [0.3, 0.4) is 0 Å². The van der Waals surface area contributed by atoms with Gasteiger partial charge in [0.05, 0.1) is 13.2 Å². The van der Waals surface area contributed by atoms with Crippen molar-refractivity contribution in [1.29, 1.82) is 0 Å². The molecule has 1 atom stereocenters. The fourth-order valence-electron chi connectivity index (χ4n) is 1.84. The maximum atomic E-state index is 5.84. The van der Waals surface area contributed by atoms with Crippen molar-refractivity contribution in [2.45, 2.75) is 52.3 Å². The van der Waals surface area contributed by atoms with Gasteiger partial charge in [0, 0.05) is 4.83 Å². The molecule has 0 amide bonds. The van der Waals surface area contributed by atoms with Crippen molar-refractivity contribution in [3.8, 4) is 11.5 Å². The van der Waals surface area contributed by atoms with E-state index < -0.39 is 0 Å². The number of hydrogen-bond acceptors (Lipinski definition) is 2. The molecule has 0 saturated carbocycles. The normalized spacial score (nSPS) is 13.1. The van der Waals surface area contributed by atoms with Crippen LogP contribution in [0.5, 0.6) is 11.5 Å². The summed E-state index contributed by atoms with van der Waals surface area (Å²) in [4.78, 5) is 0.291. The molecule has 0 aliphatic carbocycles. The molecular formula is C17H27BrO2. The second-order valence-electron chi connectivity index (χ2n) is 6.13. The van der Waals surface area contributed by atoms with Crippen molar-refractivity contribution >= 4 is 15.9 Å². The number of alkyl halides is 1. The van der Waals surface area contributed by atoms with Gasteiger partial charge in [-0.2, -0.15) is 0 Å². The maximum absolute atomic E-state index is 5.84. The summed E-state index contributed by atoms with van der Waals surface area (Å²) in [5, 5.41) is 0. The summed E-state index contributed by atoms with van der Waals surface area (Å²) in [6.45, 7) is 12.3. The minimum absolute atomic E-state index is 0.161. The van der Waals surface area contributed by atoms with Gasteiger partial charge in [-0.05, 0) is 36.0 Å². The van der Waals surface area contributed by atoms with Gasteiger partial charge in [0.25, 0.3) is 0 Å². The van der Waals surface area contributed by atoms with Crippen LogP contribution in [0, 0.1) is 5.41 Å². The third-order valence-corrected chi connectivity index (χ3v) is 4.85. The molecule has 0 radical (unpaired) electrons. The van der Waals surface area contributed by atoms with Gasteiger partial charge in [-0.3, -0.25) is 0 Å². The van der Waals surface area contributed by atoms with Gasteiger partial charge in [0.15, 0.2) is 11.5 Å². The lowest BCUT2D eigenvalue weighted by Crippen LogP contribution is -2.13. The van der Waals surface area contributed by atoms with Gasteiger partial charge in [0.1, 0.15) is 0 Å². The highest BCUT2D eigenvalue weighted by atomic mass is 79.9. The summed E-state index contributed by atoms with van der Waals surface area (Å²) in [5.41, 5.74) is 1.39. The molecule has 0 fully saturated rings. The Hall–Kier alpha value is -0.700. The van der Waals surface area contributed by atoms with Crippen molar-refractivity contribution in [2.24, 2.45) is 5.41 Å². The minimum atomic E-state index is 0.161. The molecule has 1 rings (SSSR count). The molecule has 114 valence electrons. The van der Waals surface area contributed by atoms with E-state index in [0.717, 1.165) is 30.9 Å². The molecule has 0 heterocycles. The highest BCUT2D eigenvalue weighted by Crippen LogP contribution is 2.42. The molecule has 2 nitrogen and oxygen atoms in total. The second kappa shape index (κ2) is 7.92. The Balaban J connectivity index is 3.00. The van der Waals surface area contributed by atoms with Crippen LogP contribution >= 0.6 is 15.9 Å². The first-order chi connectivity index (χ1) is 9.40. The Bertz CT molecular complexity index is 410. The largest absolute Gasteiger partial charge is 0.490 e. The maximum Gasteiger partial charge on any atom is 0.161 e. The van der Waals surface area contributed by atoms with Crippen molar-refractivity contribution in [3.05, 3.63) is 23.8 Å². The van der Waals surface area contributed by atoms with Gasteiger partial charge in [0.2, 0.25) is 0 Å². The first kappa shape index (κ1) is 17.4. The predicted molar refractivity (Wildman–Crippen MR) is 89.1 cm³/mol. The van der Waals surface area contributed by atoms with Crippen LogP contribution in [0.15, 0.2) is 18.2 Å². The van der Waals surface area contributed by atoms with Gasteiger partial charge >= 0.3 is 0 Å². The number of rotatable bonds is 7. The van der Waals surface area contributed by atoms with Crippen LogP contribution in [0.4, 0.5) is 0 Å². The molecule has 0 bridgehead atoms. The molecule has 0 saturated heterocycles. The minimum Gasteiger partial charge on any atom is -0.490 e. The van der Waals surface area contributed by atoms with Crippen molar-refractivity contribution in [1.82, 2.24) is 0 Å². The lowest BCUT2D eigenvalue weighted by molar-refractivity contribution is 0.267. The Morgan fingerprint density at radius 1 is 1.00 bits per heavy atom. The van der Waals surface area contributed by atoms with E-state index in [4.69, 9.17) is 9.47 Å². The van der Waals surface area contributed by atoms with E-state index in [1.807, 2.05) is 6.07 Å². The van der Waals surface area contributed by atoms with Crippen LogP contribution in [0.25, 0.3) is 0 Å². The Morgan fingerprint density at radius 3 is 2.05 bits per heavy atom. The molecule has 0 aromatic heterocycles. The molecule has 3 heteroatoms. The number of benzene rings is 1. The monoisotopic (exact) mass is 342 g/mol. The molecule has 1 aromatic carbocycles. The van der Waals surface area contributed by atoms with Gasteiger partial charge < -0.3 is 9.47 Å². The van der Waals surface area contributed by atoms with Gasteiger partial charge in [-0.25, -0.2) is 0 Å². The fourth-order valence-corrected chi connectivity index (χ4v) is 2.12. The third kappa shape index (κ3) is 5.01. The van der Waals surface area contributed by atoms with E-state index in [9.17, 15) is 0 Å². The Kier molecular flexibility index (Phi) is 6.87. The molecular weight excluding hydrogens is 316 g/mol. The average molecular weight is 343 g/mol. The first-order valence-electron chi connectivity index (χ1n) is 7.43. The lowest BCUT2D eigenvalue weighted by Gasteiger charge is -2.26. The topological polar surface area (TPSA) is 18.5 Å². The SMILES string of the molecule is CCCOc1ccc(C(Br)C(C)(C)C)cc1OCCC. The van der Waals surface area contributed by atoms with Gasteiger partial charge in [-0.1, -0.05) is 56.6 Å². The highest BCUT2D eigenvalue weighted by molar-refractivity contribution is 9.09. The smallest absolute Gasteiger partial charge is 0.161 e. The fraction of sp³-hybridized carbons (Fsp3) is 0.647. The second-order valence-corrected chi connectivity index (χ2v) is 7.05. The van der Waals surface area contributed by atoms with E-state index >= 15 is 0 Å². The number of halogens is 1. The van der Waals surface area contributed by atoms with E-state index in [2.05, 4.69) is 62.7 Å². The predicted octanol–water partition coefficient (Wildman–Crippen LogP) is 5.75. The van der Waals surface area contributed by atoms with Gasteiger partial charge in [-0.15, -0.1) is 0 Å². The quantitative estimate of drug-likeness (QED) is 0.587. The zero-order valence-corrected chi connectivity index (χ0v) is 14.9. The number of hydrogen-bond donors (Lipinski definition) is 0. The van der Waals surface area contributed by atoms with E-state index in [0.29, 0.717) is 11.4 Å². The summed E-state index contributed by atoms with van der Waals surface area (Å²) in [6.07, 6.45) is 1.99. The molecule has 1 aromatic rings. The van der Waals surface area contributed by atoms with Crippen LogP contribution in [-0.2, 0) is 0 Å². The van der Waals surface area contributed by atoms with E-state index in [1.165, 1.54) is 5.56 Å². The van der Waals surface area contributed by atoms with E-state index in [1.54, 1.807) is 0 Å². The summed E-state index contributed by atoms with van der Waals surface area (Å²) in [7, 11) is 0. The molecule has 0 spiro atoms. The molecule has 0 aliphatic heterocycles. The molecule has 1 unspecified atom stereocenters. The van der Waals surface area contributed by atoms with Crippen molar-refractivity contribution in [3.63, 3.8) is 0 Å². The van der Waals surface area contributed by atoms with Crippen molar-refractivity contribution in [2.75, 3.05) is 13.2 Å². The zero-order chi connectivity index (χ0) is 15.2. The summed E-state index contributed by atoms with van der Waals surface area (Å²) < 4.78 is 11.6. The molecule has 0 aliphatic rings. The molecule has 0 N–H and O–H groups in total. The summed E-state index contributed by atoms with van der Waals surface area (Å²) >= 11 is 3.79. The summed E-state index contributed by atoms with van der Waals surface area (Å²) in [6, 6.07) is 6.25. The summed E-state index contributed by atoms with van der Waals surface area (Å²) in [5.74, 6) is 1.70. The van der Waals surface area contributed by atoms with Crippen LogP contribution in [0.2, 0.25) is 0 Å². The van der Waals surface area contributed by atoms with Crippen LogP contribution in [-0.4, -0.2) is 13.2 Å². The Morgan fingerprint density at radius 2 is 1.55 bits per heavy atom. The standard InChI is InChI=1S/C17H27BrO2/c1-6-10-19-14-9-8-13(16(18)17(3,4)5)12-15(14)20-11-7-2/h8-9,12,16H,6-7,10-11H2,1-5H3. The zero-order valence-electron chi connectivity index (χ0n) is 13.3. The highest BCUT2D eigenvalue weighted by Gasteiger charge is 2.24. The van der Waals surface area contributed by atoms with E-state index in [-0.39, 0.29) is 5.41 Å².